The zero-order valence-corrected chi connectivity index (χ0v) is 17.5. The van der Waals surface area contributed by atoms with Crippen molar-refractivity contribution in [2.75, 3.05) is 19.8 Å². The molecule has 158 valence electrons. The summed E-state index contributed by atoms with van der Waals surface area (Å²) in [5.74, 6) is 1.88. The summed E-state index contributed by atoms with van der Waals surface area (Å²) in [7, 11) is 0. The van der Waals surface area contributed by atoms with Crippen LogP contribution in [0.5, 0.6) is 5.75 Å². The van der Waals surface area contributed by atoms with Crippen molar-refractivity contribution in [2.45, 2.75) is 45.3 Å². The second kappa shape index (κ2) is 9.76. The van der Waals surface area contributed by atoms with Crippen molar-refractivity contribution in [3.05, 3.63) is 59.9 Å². The van der Waals surface area contributed by atoms with Crippen molar-refractivity contribution in [1.82, 2.24) is 14.9 Å². The van der Waals surface area contributed by atoms with Crippen LogP contribution in [-0.2, 0) is 22.5 Å². The predicted molar refractivity (Wildman–Crippen MR) is 117 cm³/mol. The van der Waals surface area contributed by atoms with Gasteiger partial charge in [0.05, 0.1) is 17.6 Å². The number of fused-ring (bicyclic) bond motifs is 1. The van der Waals surface area contributed by atoms with Gasteiger partial charge in [0.25, 0.3) is 0 Å². The minimum absolute atomic E-state index is 0.0123. The predicted octanol–water partition coefficient (Wildman–Crippen LogP) is 3.65. The van der Waals surface area contributed by atoms with Crippen LogP contribution in [0.4, 0.5) is 0 Å². The molecule has 0 spiro atoms. The molecule has 3 aromatic rings. The third kappa shape index (κ3) is 5.00. The minimum Gasteiger partial charge on any atom is -0.494 e. The number of carbonyl (C=O) groups excluding carboxylic acids is 1. The molecule has 30 heavy (non-hydrogen) atoms. The van der Waals surface area contributed by atoms with E-state index in [0.29, 0.717) is 26.2 Å². The Balaban J connectivity index is 1.35. The quantitative estimate of drug-likeness (QED) is 0.550. The molecule has 1 unspecified atom stereocenters. The van der Waals surface area contributed by atoms with Crippen molar-refractivity contribution in [2.24, 2.45) is 0 Å². The molecule has 1 N–H and O–H groups in total. The summed E-state index contributed by atoms with van der Waals surface area (Å²) < 4.78 is 13.6. The summed E-state index contributed by atoms with van der Waals surface area (Å²) in [5.41, 5.74) is 3.30. The molecule has 2 aromatic carbocycles. The van der Waals surface area contributed by atoms with Crippen LogP contribution in [0.3, 0.4) is 0 Å². The first-order chi connectivity index (χ1) is 14.7. The number of rotatable bonds is 9. The number of benzene rings is 2. The van der Waals surface area contributed by atoms with Crippen LogP contribution in [-0.4, -0.2) is 41.3 Å². The Kier molecular flexibility index (Phi) is 6.64. The van der Waals surface area contributed by atoms with Gasteiger partial charge in [-0.1, -0.05) is 24.3 Å². The molecular formula is C24H29N3O3. The first kappa shape index (κ1) is 20.4. The molecule has 1 aromatic heterocycles. The largest absolute Gasteiger partial charge is 0.494 e. The fourth-order valence-corrected chi connectivity index (χ4v) is 3.88. The van der Waals surface area contributed by atoms with Gasteiger partial charge in [-0.3, -0.25) is 4.79 Å². The summed E-state index contributed by atoms with van der Waals surface area (Å²) >= 11 is 0. The summed E-state index contributed by atoms with van der Waals surface area (Å²) in [5, 5.41) is 3.00. The molecule has 0 aliphatic carbocycles. The van der Waals surface area contributed by atoms with E-state index in [9.17, 15) is 4.79 Å². The lowest BCUT2D eigenvalue weighted by Gasteiger charge is -2.12. The average molecular weight is 408 g/mol. The summed E-state index contributed by atoms with van der Waals surface area (Å²) in [6.45, 7) is 4.77. The monoisotopic (exact) mass is 407 g/mol. The standard InChI is InChI=1S/C24H29N3O3/c1-18-7-4-8-19(17-18)29-16-6-14-27-21-10-3-2-9-20(21)26-23(27)12-13-25-24(28)22-11-5-15-30-22/h2-4,7-10,17,22H,5-6,11-16H2,1H3,(H,25,28). The maximum Gasteiger partial charge on any atom is 0.249 e. The van der Waals surface area contributed by atoms with Gasteiger partial charge in [-0.2, -0.15) is 0 Å². The number of amides is 1. The first-order valence-electron chi connectivity index (χ1n) is 10.7. The van der Waals surface area contributed by atoms with Gasteiger partial charge in [0.1, 0.15) is 17.7 Å². The van der Waals surface area contributed by atoms with Gasteiger partial charge in [-0.05, 0) is 56.0 Å². The number of aromatic nitrogens is 2. The summed E-state index contributed by atoms with van der Waals surface area (Å²) in [6, 6.07) is 16.3. The van der Waals surface area contributed by atoms with Crippen molar-refractivity contribution in [3.8, 4) is 5.75 Å². The van der Waals surface area contributed by atoms with E-state index < -0.39 is 0 Å². The van der Waals surface area contributed by atoms with E-state index in [0.717, 1.165) is 48.4 Å². The van der Waals surface area contributed by atoms with Crippen molar-refractivity contribution >= 4 is 16.9 Å². The van der Waals surface area contributed by atoms with Gasteiger partial charge < -0.3 is 19.4 Å². The van der Waals surface area contributed by atoms with Crippen LogP contribution in [0, 0.1) is 6.92 Å². The average Bonchev–Trinajstić information content (AvgIpc) is 3.40. The van der Waals surface area contributed by atoms with Gasteiger partial charge >= 0.3 is 0 Å². The summed E-state index contributed by atoms with van der Waals surface area (Å²) in [6.07, 6.45) is 3.04. The number of nitrogens with zero attached hydrogens (tertiary/aromatic N) is 2. The maximum absolute atomic E-state index is 12.2. The lowest BCUT2D eigenvalue weighted by atomic mass is 10.2. The van der Waals surface area contributed by atoms with Crippen LogP contribution in [0.1, 0.15) is 30.7 Å². The number of aryl methyl sites for hydroxylation is 2. The van der Waals surface area contributed by atoms with Gasteiger partial charge in [-0.25, -0.2) is 4.98 Å². The van der Waals surface area contributed by atoms with Crippen LogP contribution >= 0.6 is 0 Å². The van der Waals surface area contributed by atoms with Crippen LogP contribution < -0.4 is 10.1 Å². The van der Waals surface area contributed by atoms with E-state index >= 15 is 0 Å². The normalized spacial score (nSPS) is 16.1. The second-order valence-corrected chi connectivity index (χ2v) is 7.73. The van der Waals surface area contributed by atoms with Crippen LogP contribution in [0.25, 0.3) is 11.0 Å². The molecule has 1 aliphatic rings. The Bertz CT molecular complexity index is 992. The molecule has 1 fully saturated rings. The Labute approximate surface area is 177 Å². The molecule has 6 heteroatoms. The van der Waals surface area contributed by atoms with Gasteiger partial charge in [0.2, 0.25) is 5.91 Å². The van der Waals surface area contributed by atoms with Crippen molar-refractivity contribution in [1.29, 1.82) is 0 Å². The zero-order chi connectivity index (χ0) is 20.8. The van der Waals surface area contributed by atoms with Gasteiger partial charge in [0, 0.05) is 26.1 Å². The zero-order valence-electron chi connectivity index (χ0n) is 17.5. The molecule has 4 rings (SSSR count). The Morgan fingerprint density at radius 3 is 3.00 bits per heavy atom. The van der Waals surface area contributed by atoms with Crippen LogP contribution in [0.15, 0.2) is 48.5 Å². The van der Waals surface area contributed by atoms with E-state index in [1.54, 1.807) is 0 Å². The third-order valence-electron chi connectivity index (χ3n) is 5.39. The molecule has 6 nitrogen and oxygen atoms in total. The SMILES string of the molecule is Cc1cccc(OCCCn2c(CCNC(=O)C3CCCO3)nc3ccccc32)c1. The fraction of sp³-hybridized carbons (Fsp3) is 0.417. The van der Waals surface area contributed by atoms with E-state index in [-0.39, 0.29) is 12.0 Å². The number of hydrogen-bond donors (Lipinski definition) is 1. The van der Waals surface area contributed by atoms with E-state index in [1.165, 1.54) is 5.56 Å². The molecule has 1 atom stereocenters. The van der Waals surface area contributed by atoms with Crippen LogP contribution in [0.2, 0.25) is 0 Å². The van der Waals surface area contributed by atoms with E-state index in [2.05, 4.69) is 35.0 Å². The molecule has 2 heterocycles. The fourth-order valence-electron chi connectivity index (χ4n) is 3.88. The lowest BCUT2D eigenvalue weighted by Crippen LogP contribution is -2.35. The van der Waals surface area contributed by atoms with Gasteiger partial charge in [-0.15, -0.1) is 0 Å². The molecule has 1 amide bonds. The molecule has 0 saturated carbocycles. The van der Waals surface area contributed by atoms with E-state index in [4.69, 9.17) is 14.5 Å². The Morgan fingerprint density at radius 1 is 1.27 bits per heavy atom. The number of hydrogen-bond acceptors (Lipinski definition) is 4. The molecule has 1 aliphatic heterocycles. The van der Waals surface area contributed by atoms with Crippen molar-refractivity contribution < 1.29 is 14.3 Å². The minimum atomic E-state index is -0.289. The number of ether oxygens (including phenoxy) is 2. The van der Waals surface area contributed by atoms with Gasteiger partial charge in [0.15, 0.2) is 0 Å². The Hall–Kier alpha value is -2.86. The number of nitrogens with one attached hydrogen (secondary N) is 1. The second-order valence-electron chi connectivity index (χ2n) is 7.73. The highest BCUT2D eigenvalue weighted by Gasteiger charge is 2.23. The molecule has 1 saturated heterocycles. The molecule has 0 bridgehead atoms. The highest BCUT2D eigenvalue weighted by molar-refractivity contribution is 5.81. The number of para-hydroxylation sites is 2. The highest BCUT2D eigenvalue weighted by atomic mass is 16.5. The first-order valence-corrected chi connectivity index (χ1v) is 10.7. The highest BCUT2D eigenvalue weighted by Crippen LogP contribution is 2.18. The molecule has 0 radical (unpaired) electrons. The van der Waals surface area contributed by atoms with Crippen molar-refractivity contribution in [3.63, 3.8) is 0 Å². The third-order valence-corrected chi connectivity index (χ3v) is 5.39. The molecular weight excluding hydrogens is 378 g/mol. The number of imidazole rings is 1. The topological polar surface area (TPSA) is 65.4 Å². The maximum atomic E-state index is 12.2. The smallest absolute Gasteiger partial charge is 0.249 e. The van der Waals surface area contributed by atoms with E-state index in [1.807, 2.05) is 30.3 Å². The lowest BCUT2D eigenvalue weighted by molar-refractivity contribution is -0.130. The number of carbonyl (C=O) groups is 1. The Morgan fingerprint density at radius 2 is 2.17 bits per heavy atom. The summed E-state index contributed by atoms with van der Waals surface area (Å²) in [4.78, 5) is 17.0.